The number of carbonyl (C=O) groups is 2. The fraction of sp³-hybridized carbons (Fsp3) is 0.500. The van der Waals surface area contributed by atoms with Crippen molar-refractivity contribution in [3.63, 3.8) is 0 Å². The number of amides is 3. The molecule has 3 amide bonds. The molecule has 1 aromatic rings. The first-order chi connectivity index (χ1) is 9.29. The Morgan fingerprint density at radius 1 is 1.15 bits per heavy atom. The largest absolute Gasteiger partial charge is 0.325 e. The molecule has 1 atom stereocenters. The number of aryl methyl sites for hydroxylation is 1. The van der Waals surface area contributed by atoms with Crippen molar-refractivity contribution in [3.8, 4) is 0 Å². The predicted octanol–water partition coefficient (Wildman–Crippen LogP) is 2.50. The summed E-state index contributed by atoms with van der Waals surface area (Å²) < 4.78 is 0. The van der Waals surface area contributed by atoms with Gasteiger partial charge in [-0.05, 0) is 24.3 Å². The van der Waals surface area contributed by atoms with Crippen molar-refractivity contribution in [1.29, 1.82) is 0 Å². The second-order valence-corrected chi connectivity index (χ2v) is 6.47. The summed E-state index contributed by atoms with van der Waals surface area (Å²) in [5.74, 6) is -0.116. The molecule has 0 unspecified atom stereocenters. The van der Waals surface area contributed by atoms with Crippen LogP contribution in [0.1, 0.15) is 31.9 Å². The Kier molecular flexibility index (Phi) is 3.84. The number of imide groups is 1. The average molecular weight is 274 g/mol. The fourth-order valence-corrected chi connectivity index (χ4v) is 2.31. The summed E-state index contributed by atoms with van der Waals surface area (Å²) in [4.78, 5) is 25.5. The van der Waals surface area contributed by atoms with Crippen LogP contribution in [0.5, 0.6) is 0 Å². The van der Waals surface area contributed by atoms with Gasteiger partial charge < -0.3 is 5.32 Å². The zero-order valence-electron chi connectivity index (χ0n) is 12.6. The van der Waals surface area contributed by atoms with E-state index < -0.39 is 6.04 Å². The van der Waals surface area contributed by atoms with Crippen LogP contribution in [0, 0.1) is 12.3 Å². The van der Waals surface area contributed by atoms with E-state index in [-0.39, 0.29) is 17.4 Å². The van der Waals surface area contributed by atoms with E-state index in [1.165, 1.54) is 10.5 Å². The lowest BCUT2D eigenvalue weighted by atomic mass is 9.87. The van der Waals surface area contributed by atoms with Gasteiger partial charge in [-0.15, -0.1) is 0 Å². The molecule has 4 heteroatoms. The molecule has 0 bridgehead atoms. The molecule has 0 saturated carbocycles. The quantitative estimate of drug-likeness (QED) is 0.861. The van der Waals surface area contributed by atoms with Crippen LogP contribution >= 0.6 is 0 Å². The Morgan fingerprint density at radius 3 is 2.25 bits per heavy atom. The monoisotopic (exact) mass is 274 g/mol. The number of benzene rings is 1. The Balaban J connectivity index is 2.01. The lowest BCUT2D eigenvalue weighted by Gasteiger charge is -2.24. The van der Waals surface area contributed by atoms with E-state index in [1.807, 2.05) is 52.0 Å². The Morgan fingerprint density at radius 2 is 1.75 bits per heavy atom. The lowest BCUT2D eigenvalue weighted by molar-refractivity contribution is -0.129. The predicted molar refractivity (Wildman–Crippen MR) is 78.4 cm³/mol. The van der Waals surface area contributed by atoms with E-state index in [4.69, 9.17) is 0 Å². The van der Waals surface area contributed by atoms with Crippen molar-refractivity contribution in [2.24, 2.45) is 5.41 Å². The van der Waals surface area contributed by atoms with Crippen LogP contribution in [0.3, 0.4) is 0 Å². The van der Waals surface area contributed by atoms with Crippen LogP contribution in [0.25, 0.3) is 0 Å². The summed E-state index contributed by atoms with van der Waals surface area (Å²) in [6, 6.07) is 7.46. The number of hydrogen-bond donors (Lipinski definition) is 1. The Labute approximate surface area is 120 Å². The van der Waals surface area contributed by atoms with Crippen LogP contribution in [0.15, 0.2) is 24.3 Å². The molecule has 1 N–H and O–H groups in total. The van der Waals surface area contributed by atoms with Crippen molar-refractivity contribution in [2.45, 2.75) is 40.2 Å². The molecule has 0 radical (unpaired) electrons. The highest BCUT2D eigenvalue weighted by Crippen LogP contribution is 2.25. The standard InChI is InChI=1S/C16H22N2O2/c1-11-5-7-12(8-6-11)9-10-18-14(19)13(16(2,3)4)17-15(18)20/h5-8,13H,9-10H2,1-4H3,(H,17,20)/t13-/m1/s1. The summed E-state index contributed by atoms with van der Waals surface area (Å²) in [5, 5.41) is 2.78. The third-order valence-corrected chi connectivity index (χ3v) is 3.64. The maximum Gasteiger partial charge on any atom is 0.324 e. The lowest BCUT2D eigenvalue weighted by Crippen LogP contribution is -2.41. The first-order valence-electron chi connectivity index (χ1n) is 6.96. The molecule has 0 aromatic heterocycles. The summed E-state index contributed by atoms with van der Waals surface area (Å²) in [6.07, 6.45) is 0.691. The molecule has 1 aliphatic rings. The second kappa shape index (κ2) is 5.27. The van der Waals surface area contributed by atoms with Gasteiger partial charge in [0.05, 0.1) is 0 Å². The van der Waals surface area contributed by atoms with E-state index in [0.717, 1.165) is 5.56 Å². The average Bonchev–Trinajstić information content (AvgIpc) is 2.64. The highest BCUT2D eigenvalue weighted by atomic mass is 16.2. The number of urea groups is 1. The Bertz CT molecular complexity index is 514. The third-order valence-electron chi connectivity index (χ3n) is 3.64. The number of rotatable bonds is 3. The second-order valence-electron chi connectivity index (χ2n) is 6.47. The van der Waals surface area contributed by atoms with Gasteiger partial charge in [-0.25, -0.2) is 4.79 Å². The van der Waals surface area contributed by atoms with Crippen LogP contribution in [-0.4, -0.2) is 29.4 Å². The van der Waals surface area contributed by atoms with Crippen molar-refractivity contribution in [3.05, 3.63) is 35.4 Å². The summed E-state index contributed by atoms with van der Waals surface area (Å²) in [6.45, 7) is 8.34. The zero-order chi connectivity index (χ0) is 14.9. The van der Waals surface area contributed by atoms with Crippen molar-refractivity contribution in [2.75, 3.05) is 6.54 Å². The molecule has 4 nitrogen and oxygen atoms in total. The number of carbonyl (C=O) groups excluding carboxylic acids is 2. The van der Waals surface area contributed by atoms with E-state index in [9.17, 15) is 9.59 Å². The molecule has 1 aromatic carbocycles. The van der Waals surface area contributed by atoms with Gasteiger partial charge in [-0.3, -0.25) is 9.69 Å². The summed E-state index contributed by atoms with van der Waals surface area (Å²) in [7, 11) is 0. The first kappa shape index (κ1) is 14.6. The summed E-state index contributed by atoms with van der Waals surface area (Å²) in [5.41, 5.74) is 2.08. The van der Waals surface area contributed by atoms with E-state index in [2.05, 4.69) is 5.32 Å². The number of hydrogen-bond acceptors (Lipinski definition) is 2. The molecule has 1 heterocycles. The molecule has 1 aliphatic heterocycles. The third kappa shape index (κ3) is 3.00. The van der Waals surface area contributed by atoms with Gasteiger partial charge in [-0.1, -0.05) is 50.6 Å². The molecule has 108 valence electrons. The Hall–Kier alpha value is -1.84. The van der Waals surface area contributed by atoms with Gasteiger partial charge >= 0.3 is 6.03 Å². The van der Waals surface area contributed by atoms with Gasteiger partial charge in [-0.2, -0.15) is 0 Å². The normalized spacial score (nSPS) is 19.4. The highest BCUT2D eigenvalue weighted by Gasteiger charge is 2.43. The molecular formula is C16H22N2O2. The van der Waals surface area contributed by atoms with E-state index in [0.29, 0.717) is 13.0 Å². The minimum Gasteiger partial charge on any atom is -0.325 e. The van der Waals surface area contributed by atoms with Crippen molar-refractivity contribution < 1.29 is 9.59 Å². The van der Waals surface area contributed by atoms with Crippen LogP contribution in [-0.2, 0) is 11.2 Å². The van der Waals surface area contributed by atoms with Crippen molar-refractivity contribution in [1.82, 2.24) is 10.2 Å². The molecule has 0 spiro atoms. The minimum atomic E-state index is -0.423. The smallest absolute Gasteiger partial charge is 0.324 e. The van der Waals surface area contributed by atoms with Gasteiger partial charge in [0.25, 0.3) is 5.91 Å². The number of nitrogens with one attached hydrogen (secondary N) is 1. The number of nitrogens with zero attached hydrogens (tertiary/aromatic N) is 1. The molecular weight excluding hydrogens is 252 g/mol. The fourth-order valence-electron chi connectivity index (χ4n) is 2.31. The molecule has 20 heavy (non-hydrogen) atoms. The van der Waals surface area contributed by atoms with Gasteiger partial charge in [0.2, 0.25) is 0 Å². The maximum absolute atomic E-state index is 12.3. The van der Waals surface area contributed by atoms with E-state index in [1.54, 1.807) is 0 Å². The first-order valence-corrected chi connectivity index (χ1v) is 6.96. The van der Waals surface area contributed by atoms with E-state index >= 15 is 0 Å². The zero-order valence-corrected chi connectivity index (χ0v) is 12.6. The SMILES string of the molecule is Cc1ccc(CCN2C(=O)N[C@@H](C(C)(C)C)C2=O)cc1. The van der Waals surface area contributed by atoms with Crippen LogP contribution < -0.4 is 5.32 Å². The van der Waals surface area contributed by atoms with Crippen LogP contribution in [0.4, 0.5) is 4.79 Å². The molecule has 0 aliphatic carbocycles. The van der Waals surface area contributed by atoms with Gasteiger partial charge in [0, 0.05) is 6.54 Å². The van der Waals surface area contributed by atoms with Gasteiger partial charge in [0.15, 0.2) is 0 Å². The summed E-state index contributed by atoms with van der Waals surface area (Å²) >= 11 is 0. The maximum atomic E-state index is 12.3. The topological polar surface area (TPSA) is 49.4 Å². The molecule has 1 saturated heterocycles. The molecule has 2 rings (SSSR count). The minimum absolute atomic E-state index is 0.116. The highest BCUT2D eigenvalue weighted by molar-refractivity contribution is 6.04. The van der Waals surface area contributed by atoms with Crippen molar-refractivity contribution >= 4 is 11.9 Å². The molecule has 1 fully saturated rings. The van der Waals surface area contributed by atoms with Gasteiger partial charge in [0.1, 0.15) is 6.04 Å². The van der Waals surface area contributed by atoms with Crippen LogP contribution in [0.2, 0.25) is 0 Å².